The van der Waals surface area contributed by atoms with Crippen LogP contribution in [0.1, 0.15) is 12.5 Å². The van der Waals surface area contributed by atoms with E-state index in [1.165, 1.54) is 19.2 Å². The third kappa shape index (κ3) is 3.99. The van der Waals surface area contributed by atoms with Crippen LogP contribution in [-0.2, 0) is 14.9 Å². The minimum absolute atomic E-state index is 0.0335. The number of nitrogens with zero attached hydrogens (tertiary/aromatic N) is 2. The van der Waals surface area contributed by atoms with Crippen molar-refractivity contribution < 1.29 is 23.2 Å². The van der Waals surface area contributed by atoms with Gasteiger partial charge in [-0.2, -0.15) is 8.42 Å². The lowest BCUT2D eigenvalue weighted by Crippen LogP contribution is -2.42. The van der Waals surface area contributed by atoms with E-state index < -0.39 is 16.3 Å². The minimum atomic E-state index is -4.18. The van der Waals surface area contributed by atoms with Gasteiger partial charge in [0.25, 0.3) is 0 Å². The molecule has 0 saturated heterocycles. The standard InChI is InChI=1S/C11H16N4O5S/c1-3-20-11(16)14-21(18,19)15(2)9-7-5-4-6-8(9)10(12)13-17/h4-7,17H,3H2,1-2H3,(H2,12,13)(H,14,16). The quantitative estimate of drug-likeness (QED) is 0.307. The lowest BCUT2D eigenvalue weighted by atomic mass is 10.1. The van der Waals surface area contributed by atoms with Gasteiger partial charge in [0.1, 0.15) is 0 Å². The highest BCUT2D eigenvalue weighted by molar-refractivity contribution is 7.91. The molecule has 21 heavy (non-hydrogen) atoms. The van der Waals surface area contributed by atoms with Crippen LogP contribution in [0.3, 0.4) is 0 Å². The molecule has 0 saturated carbocycles. The van der Waals surface area contributed by atoms with Crippen LogP contribution in [0.15, 0.2) is 29.4 Å². The third-order valence-electron chi connectivity index (χ3n) is 2.48. The van der Waals surface area contributed by atoms with Gasteiger partial charge in [-0.3, -0.25) is 4.31 Å². The number of anilines is 1. The number of benzene rings is 1. The van der Waals surface area contributed by atoms with Crippen molar-refractivity contribution in [2.24, 2.45) is 10.9 Å². The molecule has 0 aliphatic rings. The number of hydrogen-bond acceptors (Lipinski definition) is 6. The number of amides is 1. The minimum Gasteiger partial charge on any atom is -0.449 e. The van der Waals surface area contributed by atoms with Gasteiger partial charge in [-0.15, -0.1) is 0 Å². The Morgan fingerprint density at radius 1 is 1.48 bits per heavy atom. The molecule has 10 heteroatoms. The Morgan fingerprint density at radius 2 is 2.10 bits per heavy atom. The van der Waals surface area contributed by atoms with E-state index in [1.54, 1.807) is 23.8 Å². The monoisotopic (exact) mass is 316 g/mol. The van der Waals surface area contributed by atoms with Gasteiger partial charge in [-0.1, -0.05) is 17.3 Å². The SMILES string of the molecule is CCOC(=O)NS(=O)(=O)N(C)c1ccccc1/C(N)=N/O. The fraction of sp³-hybridized carbons (Fsp3) is 0.273. The molecule has 0 radical (unpaired) electrons. The highest BCUT2D eigenvalue weighted by Gasteiger charge is 2.24. The van der Waals surface area contributed by atoms with Crippen molar-refractivity contribution in [3.05, 3.63) is 29.8 Å². The summed E-state index contributed by atoms with van der Waals surface area (Å²) in [5, 5.41) is 11.6. The molecule has 0 fully saturated rings. The molecule has 0 unspecified atom stereocenters. The summed E-state index contributed by atoms with van der Waals surface area (Å²) >= 11 is 0. The Morgan fingerprint density at radius 3 is 2.67 bits per heavy atom. The molecule has 0 spiro atoms. The molecule has 116 valence electrons. The Balaban J connectivity index is 3.14. The summed E-state index contributed by atoms with van der Waals surface area (Å²) in [7, 11) is -2.97. The number of nitrogens with two attached hydrogens (primary N) is 1. The van der Waals surface area contributed by atoms with Crippen molar-refractivity contribution in [1.82, 2.24) is 4.72 Å². The molecule has 4 N–H and O–H groups in total. The molecule has 9 nitrogen and oxygen atoms in total. The van der Waals surface area contributed by atoms with E-state index in [4.69, 9.17) is 10.9 Å². The highest BCUT2D eigenvalue weighted by atomic mass is 32.2. The summed E-state index contributed by atoms with van der Waals surface area (Å²) < 4.78 is 31.1. The molecule has 0 bridgehead atoms. The van der Waals surface area contributed by atoms with E-state index >= 15 is 0 Å². The molecule has 0 aliphatic heterocycles. The van der Waals surface area contributed by atoms with Gasteiger partial charge < -0.3 is 15.7 Å². The molecule has 0 aromatic heterocycles. The Bertz CT molecular complexity index is 644. The summed E-state index contributed by atoms with van der Waals surface area (Å²) in [5.74, 6) is -0.260. The topological polar surface area (TPSA) is 134 Å². The maximum absolute atomic E-state index is 12.1. The van der Waals surface area contributed by atoms with E-state index in [2.05, 4.69) is 9.89 Å². The van der Waals surface area contributed by atoms with Crippen molar-refractivity contribution >= 4 is 27.8 Å². The van der Waals surface area contributed by atoms with E-state index in [-0.39, 0.29) is 23.7 Å². The molecule has 1 amide bonds. The molecule has 0 atom stereocenters. The van der Waals surface area contributed by atoms with Gasteiger partial charge in [0.2, 0.25) is 0 Å². The van der Waals surface area contributed by atoms with Crippen molar-refractivity contribution in [3.8, 4) is 0 Å². The summed E-state index contributed by atoms with van der Waals surface area (Å²) in [4.78, 5) is 11.2. The van der Waals surface area contributed by atoms with Crippen molar-refractivity contribution in [1.29, 1.82) is 0 Å². The number of ether oxygens (including phenoxy) is 1. The van der Waals surface area contributed by atoms with Crippen LogP contribution in [-0.4, -0.2) is 39.2 Å². The lowest BCUT2D eigenvalue weighted by Gasteiger charge is -2.21. The first-order valence-electron chi connectivity index (χ1n) is 5.83. The molecule has 0 heterocycles. The van der Waals surface area contributed by atoms with Crippen LogP contribution in [0.25, 0.3) is 0 Å². The average molecular weight is 316 g/mol. The van der Waals surface area contributed by atoms with E-state index in [0.29, 0.717) is 0 Å². The predicted molar refractivity (Wildman–Crippen MR) is 76.4 cm³/mol. The lowest BCUT2D eigenvalue weighted by molar-refractivity contribution is 0.158. The van der Waals surface area contributed by atoms with Crippen LogP contribution in [0.4, 0.5) is 10.5 Å². The van der Waals surface area contributed by atoms with Crippen LogP contribution in [0.5, 0.6) is 0 Å². The zero-order valence-corrected chi connectivity index (χ0v) is 12.3. The number of para-hydroxylation sites is 1. The summed E-state index contributed by atoms with van der Waals surface area (Å²) in [6, 6.07) is 6.08. The maximum Gasteiger partial charge on any atom is 0.422 e. The Kier molecular flexibility index (Phi) is 5.36. The van der Waals surface area contributed by atoms with Crippen molar-refractivity contribution in [2.45, 2.75) is 6.92 Å². The zero-order valence-electron chi connectivity index (χ0n) is 11.5. The van der Waals surface area contributed by atoms with E-state index in [9.17, 15) is 13.2 Å². The first kappa shape index (κ1) is 16.6. The van der Waals surface area contributed by atoms with Crippen molar-refractivity contribution in [2.75, 3.05) is 18.0 Å². The molecular weight excluding hydrogens is 300 g/mol. The number of hydrogen-bond donors (Lipinski definition) is 3. The van der Waals surface area contributed by atoms with Crippen LogP contribution in [0.2, 0.25) is 0 Å². The Labute approximate surface area is 122 Å². The second-order valence-corrected chi connectivity index (χ2v) is 5.50. The molecule has 1 aromatic rings. The third-order valence-corrected chi connectivity index (χ3v) is 3.82. The number of carbonyl (C=O) groups excluding carboxylic acids is 1. The number of carbonyl (C=O) groups is 1. The van der Waals surface area contributed by atoms with E-state index in [1.807, 2.05) is 0 Å². The summed E-state index contributed by atoms with van der Waals surface area (Å²) in [5.41, 5.74) is 5.81. The second-order valence-electron chi connectivity index (χ2n) is 3.80. The fourth-order valence-corrected chi connectivity index (χ4v) is 2.31. The average Bonchev–Trinajstić information content (AvgIpc) is 2.45. The van der Waals surface area contributed by atoms with Crippen LogP contribution >= 0.6 is 0 Å². The highest BCUT2D eigenvalue weighted by Crippen LogP contribution is 2.21. The molecule has 1 rings (SSSR count). The van der Waals surface area contributed by atoms with Crippen LogP contribution in [0, 0.1) is 0 Å². The predicted octanol–water partition coefficient (Wildman–Crippen LogP) is 0.208. The Hall–Kier alpha value is -2.49. The van der Waals surface area contributed by atoms with E-state index in [0.717, 1.165) is 4.31 Å². The van der Waals surface area contributed by atoms with Gasteiger partial charge in [0.15, 0.2) is 5.84 Å². The number of rotatable bonds is 5. The molecular formula is C11H16N4O5S. The maximum atomic E-state index is 12.1. The molecule has 0 aliphatic carbocycles. The van der Waals surface area contributed by atoms with Gasteiger partial charge in [0.05, 0.1) is 12.3 Å². The number of amidine groups is 1. The summed E-state index contributed by atoms with van der Waals surface area (Å²) in [6.07, 6.45) is -1.09. The van der Waals surface area contributed by atoms with Crippen molar-refractivity contribution in [3.63, 3.8) is 0 Å². The first-order chi connectivity index (χ1) is 9.83. The number of oxime groups is 1. The van der Waals surface area contributed by atoms with Gasteiger partial charge in [-0.25, -0.2) is 9.52 Å². The van der Waals surface area contributed by atoms with Gasteiger partial charge in [-0.05, 0) is 19.1 Å². The van der Waals surface area contributed by atoms with Gasteiger partial charge >= 0.3 is 16.3 Å². The fourth-order valence-electron chi connectivity index (χ4n) is 1.48. The molecule has 1 aromatic carbocycles. The van der Waals surface area contributed by atoms with Crippen LogP contribution < -0.4 is 14.8 Å². The first-order valence-corrected chi connectivity index (χ1v) is 7.27. The summed E-state index contributed by atoms with van der Waals surface area (Å²) in [6.45, 7) is 1.58. The normalized spacial score (nSPS) is 11.8. The number of nitrogens with one attached hydrogen (secondary N) is 1. The second kappa shape index (κ2) is 6.79. The zero-order chi connectivity index (χ0) is 16.0. The largest absolute Gasteiger partial charge is 0.449 e. The smallest absolute Gasteiger partial charge is 0.422 e. The van der Waals surface area contributed by atoms with Gasteiger partial charge in [0, 0.05) is 12.6 Å².